The minimum Gasteiger partial charge on any atom is -0.496 e. The monoisotopic (exact) mass is 353 g/mol. The van der Waals surface area contributed by atoms with Gasteiger partial charge in [-0.05, 0) is 37.1 Å². The number of benzene rings is 2. The number of methoxy groups -OCH3 is 1. The summed E-state index contributed by atoms with van der Waals surface area (Å²) in [6.07, 6.45) is 0. The molecule has 26 heavy (non-hydrogen) atoms. The number of nitrogens with one attached hydrogen (secondary N) is 2. The normalized spacial score (nSPS) is 17.7. The number of nitrogens with zero attached hydrogens (tertiary/aromatic N) is 1. The predicted octanol–water partition coefficient (Wildman–Crippen LogP) is 2.90. The fourth-order valence-electron chi connectivity index (χ4n) is 3.43. The fraction of sp³-hybridized carbons (Fsp3) is 0.381. The highest BCUT2D eigenvalue weighted by Crippen LogP contribution is 2.30. The van der Waals surface area contributed by atoms with Crippen molar-refractivity contribution in [1.82, 2.24) is 10.2 Å². The maximum atomic E-state index is 12.7. The predicted molar refractivity (Wildman–Crippen MR) is 105 cm³/mol. The number of ether oxygens (including phenoxy) is 1. The van der Waals surface area contributed by atoms with E-state index in [1.165, 1.54) is 0 Å². The summed E-state index contributed by atoms with van der Waals surface area (Å²) in [4.78, 5) is 14.9. The van der Waals surface area contributed by atoms with Crippen molar-refractivity contribution in [3.8, 4) is 5.75 Å². The van der Waals surface area contributed by atoms with Gasteiger partial charge in [-0.15, -0.1) is 0 Å². The Bertz CT molecular complexity index is 776. The molecule has 3 rings (SSSR count). The SMILES string of the molecule is COc1ccccc1C1CNCCN1CC(=O)Nc1cc(C)ccc1C. The second-order valence-corrected chi connectivity index (χ2v) is 6.80. The topological polar surface area (TPSA) is 53.6 Å². The molecule has 0 spiro atoms. The molecule has 1 amide bonds. The number of hydrogen-bond acceptors (Lipinski definition) is 4. The quantitative estimate of drug-likeness (QED) is 0.868. The van der Waals surface area contributed by atoms with Gasteiger partial charge in [-0.25, -0.2) is 0 Å². The van der Waals surface area contributed by atoms with Gasteiger partial charge in [-0.1, -0.05) is 30.3 Å². The first-order valence-corrected chi connectivity index (χ1v) is 9.03. The van der Waals surface area contributed by atoms with Gasteiger partial charge in [0.05, 0.1) is 19.7 Å². The zero-order chi connectivity index (χ0) is 18.5. The summed E-state index contributed by atoms with van der Waals surface area (Å²) in [5, 5.41) is 6.49. The number of amides is 1. The maximum Gasteiger partial charge on any atom is 0.238 e. The molecule has 0 aliphatic carbocycles. The molecule has 5 nitrogen and oxygen atoms in total. The number of aryl methyl sites for hydroxylation is 2. The maximum absolute atomic E-state index is 12.7. The Kier molecular flexibility index (Phi) is 5.91. The first kappa shape index (κ1) is 18.4. The van der Waals surface area contributed by atoms with Crippen molar-refractivity contribution in [1.29, 1.82) is 0 Å². The van der Waals surface area contributed by atoms with E-state index in [1.54, 1.807) is 7.11 Å². The van der Waals surface area contributed by atoms with E-state index in [1.807, 2.05) is 44.2 Å². The van der Waals surface area contributed by atoms with Gasteiger partial charge in [0, 0.05) is 30.9 Å². The highest BCUT2D eigenvalue weighted by Gasteiger charge is 2.27. The van der Waals surface area contributed by atoms with E-state index in [4.69, 9.17) is 4.74 Å². The molecule has 0 aromatic heterocycles. The lowest BCUT2D eigenvalue weighted by atomic mass is 10.0. The molecular weight excluding hydrogens is 326 g/mol. The lowest BCUT2D eigenvalue weighted by molar-refractivity contribution is -0.118. The van der Waals surface area contributed by atoms with Crippen LogP contribution in [-0.4, -0.2) is 44.1 Å². The van der Waals surface area contributed by atoms with E-state index in [9.17, 15) is 4.79 Å². The van der Waals surface area contributed by atoms with E-state index in [0.29, 0.717) is 6.54 Å². The number of piperazine rings is 1. The summed E-state index contributed by atoms with van der Waals surface area (Å²) in [5.41, 5.74) is 4.21. The summed E-state index contributed by atoms with van der Waals surface area (Å²) in [5.74, 6) is 0.877. The zero-order valence-corrected chi connectivity index (χ0v) is 15.7. The Balaban J connectivity index is 1.74. The lowest BCUT2D eigenvalue weighted by Crippen LogP contribution is -2.48. The van der Waals surface area contributed by atoms with Crippen LogP contribution in [0.5, 0.6) is 5.75 Å². The highest BCUT2D eigenvalue weighted by molar-refractivity contribution is 5.93. The van der Waals surface area contributed by atoms with Crippen LogP contribution in [-0.2, 0) is 4.79 Å². The van der Waals surface area contributed by atoms with Gasteiger partial charge in [0.2, 0.25) is 5.91 Å². The van der Waals surface area contributed by atoms with Crippen molar-refractivity contribution in [2.24, 2.45) is 0 Å². The molecule has 0 bridgehead atoms. The largest absolute Gasteiger partial charge is 0.496 e. The number of rotatable bonds is 5. The number of para-hydroxylation sites is 1. The van der Waals surface area contributed by atoms with Gasteiger partial charge in [0.15, 0.2) is 0 Å². The molecule has 0 radical (unpaired) electrons. The first-order valence-electron chi connectivity index (χ1n) is 9.03. The molecule has 2 aromatic rings. The molecule has 1 heterocycles. The van der Waals surface area contributed by atoms with Crippen molar-refractivity contribution >= 4 is 11.6 Å². The molecule has 5 heteroatoms. The van der Waals surface area contributed by atoms with Gasteiger partial charge in [-0.3, -0.25) is 9.69 Å². The van der Waals surface area contributed by atoms with Crippen molar-refractivity contribution in [2.45, 2.75) is 19.9 Å². The Morgan fingerprint density at radius 1 is 1.27 bits per heavy atom. The molecular formula is C21H27N3O2. The second kappa shape index (κ2) is 8.34. The van der Waals surface area contributed by atoms with Crippen LogP contribution in [0.2, 0.25) is 0 Å². The fourth-order valence-corrected chi connectivity index (χ4v) is 3.43. The third-order valence-electron chi connectivity index (χ3n) is 4.87. The summed E-state index contributed by atoms with van der Waals surface area (Å²) >= 11 is 0. The molecule has 138 valence electrons. The smallest absolute Gasteiger partial charge is 0.238 e. The Hall–Kier alpha value is -2.37. The molecule has 1 aliphatic rings. The van der Waals surface area contributed by atoms with Crippen LogP contribution in [0.4, 0.5) is 5.69 Å². The number of carbonyl (C=O) groups excluding carboxylic acids is 1. The van der Waals surface area contributed by atoms with E-state index < -0.39 is 0 Å². The number of carbonyl (C=O) groups is 1. The molecule has 1 fully saturated rings. The van der Waals surface area contributed by atoms with Gasteiger partial charge in [0.25, 0.3) is 0 Å². The van der Waals surface area contributed by atoms with Gasteiger partial charge >= 0.3 is 0 Å². The van der Waals surface area contributed by atoms with Crippen LogP contribution in [0, 0.1) is 13.8 Å². The summed E-state index contributed by atoms with van der Waals surface area (Å²) < 4.78 is 5.52. The van der Waals surface area contributed by atoms with E-state index in [2.05, 4.69) is 27.7 Å². The Morgan fingerprint density at radius 2 is 2.08 bits per heavy atom. The van der Waals surface area contributed by atoms with Crippen LogP contribution < -0.4 is 15.4 Å². The van der Waals surface area contributed by atoms with Crippen molar-refractivity contribution in [3.05, 3.63) is 59.2 Å². The van der Waals surface area contributed by atoms with Crippen LogP contribution in [0.15, 0.2) is 42.5 Å². The minimum absolute atomic E-state index is 0.0143. The second-order valence-electron chi connectivity index (χ2n) is 6.80. The van der Waals surface area contributed by atoms with Crippen LogP contribution in [0.25, 0.3) is 0 Å². The highest BCUT2D eigenvalue weighted by atomic mass is 16.5. The van der Waals surface area contributed by atoms with Gasteiger partial charge in [0.1, 0.15) is 5.75 Å². The first-order chi connectivity index (χ1) is 12.6. The van der Waals surface area contributed by atoms with Crippen molar-refractivity contribution in [2.75, 3.05) is 38.6 Å². The van der Waals surface area contributed by atoms with Crippen LogP contribution in [0.3, 0.4) is 0 Å². The third kappa shape index (κ3) is 4.23. The lowest BCUT2D eigenvalue weighted by Gasteiger charge is -2.36. The average molecular weight is 353 g/mol. The number of hydrogen-bond donors (Lipinski definition) is 2. The Morgan fingerprint density at radius 3 is 2.88 bits per heavy atom. The molecule has 1 saturated heterocycles. The average Bonchev–Trinajstić information content (AvgIpc) is 2.65. The molecule has 1 unspecified atom stereocenters. The summed E-state index contributed by atoms with van der Waals surface area (Å²) in [6, 6.07) is 14.3. The van der Waals surface area contributed by atoms with Crippen LogP contribution in [0.1, 0.15) is 22.7 Å². The van der Waals surface area contributed by atoms with Crippen molar-refractivity contribution < 1.29 is 9.53 Å². The molecule has 1 atom stereocenters. The molecule has 1 aliphatic heterocycles. The van der Waals surface area contributed by atoms with Crippen molar-refractivity contribution in [3.63, 3.8) is 0 Å². The Labute approximate surface area is 155 Å². The van der Waals surface area contributed by atoms with Gasteiger partial charge in [-0.2, -0.15) is 0 Å². The summed E-state index contributed by atoms with van der Waals surface area (Å²) in [6.45, 7) is 6.90. The molecule has 0 saturated carbocycles. The van der Waals surface area contributed by atoms with E-state index in [-0.39, 0.29) is 11.9 Å². The standard InChI is InChI=1S/C21H27N3O2/c1-15-8-9-16(2)18(12-15)23-21(25)14-24-11-10-22-13-19(24)17-6-4-5-7-20(17)26-3/h4-9,12,19,22H,10-11,13-14H2,1-3H3,(H,23,25). The van der Waals surface area contributed by atoms with E-state index in [0.717, 1.165) is 47.8 Å². The zero-order valence-electron chi connectivity index (χ0n) is 15.7. The number of anilines is 1. The third-order valence-corrected chi connectivity index (χ3v) is 4.87. The van der Waals surface area contributed by atoms with E-state index >= 15 is 0 Å². The molecule has 2 aromatic carbocycles. The van der Waals surface area contributed by atoms with Gasteiger partial charge < -0.3 is 15.4 Å². The van der Waals surface area contributed by atoms with Crippen LogP contribution >= 0.6 is 0 Å². The summed E-state index contributed by atoms with van der Waals surface area (Å²) in [7, 11) is 1.69. The molecule has 2 N–H and O–H groups in total. The minimum atomic E-state index is 0.0143.